The molecule has 0 amide bonds. The van der Waals surface area contributed by atoms with Crippen molar-refractivity contribution in [3.63, 3.8) is 0 Å². The van der Waals surface area contributed by atoms with E-state index in [0.29, 0.717) is 11.9 Å². The Bertz CT molecular complexity index is 536. The lowest BCUT2D eigenvalue weighted by atomic mass is 10.4. The Morgan fingerprint density at radius 2 is 2.11 bits per heavy atom. The third kappa shape index (κ3) is 3.54. The number of hydrogen-bond acceptors (Lipinski definition) is 3. The van der Waals surface area contributed by atoms with E-state index in [9.17, 15) is 0 Å². The topological polar surface area (TPSA) is 39.9 Å². The van der Waals surface area contributed by atoms with Crippen LogP contribution in [0.1, 0.15) is 0 Å². The highest BCUT2D eigenvalue weighted by Crippen LogP contribution is 2.15. The molecule has 0 saturated carbocycles. The van der Waals surface area contributed by atoms with Crippen LogP contribution in [0, 0.1) is 0 Å². The molecule has 2 heterocycles. The minimum absolute atomic E-state index is 0.465. The average molecular weight is 284 g/mol. The van der Waals surface area contributed by atoms with Gasteiger partial charge in [0.25, 0.3) is 0 Å². The fourth-order valence-corrected chi connectivity index (χ4v) is 2.48. The number of rotatable bonds is 5. The Kier molecular flexibility index (Phi) is 4.04. The summed E-state index contributed by atoms with van der Waals surface area (Å²) in [5.74, 6) is 0. The van der Waals surface area contributed by atoms with Crippen LogP contribution in [0.2, 0.25) is 30.8 Å². The number of imidazole rings is 1. The first-order valence-electron chi connectivity index (χ1n) is 6.00. The number of halogens is 1. The number of pyridine rings is 1. The summed E-state index contributed by atoms with van der Waals surface area (Å²) in [7, 11) is -1.02. The third-order valence-corrected chi connectivity index (χ3v) is 4.61. The van der Waals surface area contributed by atoms with E-state index < -0.39 is 8.07 Å². The van der Waals surface area contributed by atoms with Gasteiger partial charge in [-0.05, 0) is 6.04 Å². The van der Waals surface area contributed by atoms with Gasteiger partial charge in [-0.2, -0.15) is 0 Å². The molecule has 18 heavy (non-hydrogen) atoms. The van der Waals surface area contributed by atoms with Gasteiger partial charge in [-0.1, -0.05) is 31.2 Å². The Labute approximate surface area is 113 Å². The maximum absolute atomic E-state index is 5.82. The molecule has 0 aliphatic heterocycles. The monoisotopic (exact) mass is 283 g/mol. The fourth-order valence-electron chi connectivity index (χ4n) is 1.58. The van der Waals surface area contributed by atoms with E-state index in [4.69, 9.17) is 16.3 Å². The first kappa shape index (κ1) is 13.5. The number of nitrogens with zero attached hydrogens (tertiary/aromatic N) is 3. The van der Waals surface area contributed by atoms with Crippen LogP contribution < -0.4 is 0 Å². The summed E-state index contributed by atoms with van der Waals surface area (Å²) in [6.07, 6.45) is 3.49. The van der Waals surface area contributed by atoms with Gasteiger partial charge in [0.2, 0.25) is 0 Å². The first-order chi connectivity index (χ1) is 8.46. The van der Waals surface area contributed by atoms with Crippen molar-refractivity contribution in [2.45, 2.75) is 32.4 Å². The molecule has 2 rings (SSSR count). The second-order valence-electron chi connectivity index (χ2n) is 5.56. The van der Waals surface area contributed by atoms with Gasteiger partial charge in [0.1, 0.15) is 11.9 Å². The van der Waals surface area contributed by atoms with Gasteiger partial charge in [0.05, 0.1) is 23.6 Å². The van der Waals surface area contributed by atoms with Crippen LogP contribution in [0.4, 0.5) is 0 Å². The summed E-state index contributed by atoms with van der Waals surface area (Å²) in [5.41, 5.74) is 1.80. The third-order valence-electron chi connectivity index (χ3n) is 2.70. The van der Waals surface area contributed by atoms with E-state index in [2.05, 4.69) is 29.6 Å². The normalized spacial score (nSPS) is 12.2. The Morgan fingerprint density at radius 3 is 2.83 bits per heavy atom. The Balaban J connectivity index is 1.96. The molecule has 0 bridgehead atoms. The quantitative estimate of drug-likeness (QED) is 0.480. The van der Waals surface area contributed by atoms with Gasteiger partial charge >= 0.3 is 0 Å². The molecule has 0 aliphatic carbocycles. The maximum atomic E-state index is 5.82. The van der Waals surface area contributed by atoms with Gasteiger partial charge in [-0.15, -0.1) is 0 Å². The lowest BCUT2D eigenvalue weighted by Gasteiger charge is -2.15. The molecule has 98 valence electrons. The molecule has 0 N–H and O–H groups in total. The van der Waals surface area contributed by atoms with Crippen molar-refractivity contribution >= 4 is 30.7 Å². The van der Waals surface area contributed by atoms with E-state index in [1.165, 1.54) is 6.04 Å². The second-order valence-corrected chi connectivity index (χ2v) is 11.6. The van der Waals surface area contributed by atoms with Crippen LogP contribution in [0.5, 0.6) is 0 Å². The van der Waals surface area contributed by atoms with Crippen molar-refractivity contribution in [1.82, 2.24) is 14.5 Å². The molecule has 6 heteroatoms. The molecule has 0 aromatic carbocycles. The minimum Gasteiger partial charge on any atom is -0.361 e. The molecule has 0 aliphatic rings. The summed E-state index contributed by atoms with van der Waals surface area (Å²) in [4.78, 5) is 8.34. The Morgan fingerprint density at radius 1 is 1.33 bits per heavy atom. The van der Waals surface area contributed by atoms with Crippen LogP contribution in [0.25, 0.3) is 11.0 Å². The highest BCUT2D eigenvalue weighted by Gasteiger charge is 2.12. The van der Waals surface area contributed by atoms with Gasteiger partial charge in [0.15, 0.2) is 0 Å². The van der Waals surface area contributed by atoms with Gasteiger partial charge in [0, 0.05) is 20.7 Å². The lowest BCUT2D eigenvalue weighted by molar-refractivity contribution is 0.0898. The first-order valence-corrected chi connectivity index (χ1v) is 10.1. The van der Waals surface area contributed by atoms with E-state index in [-0.39, 0.29) is 0 Å². The maximum Gasteiger partial charge on any atom is 0.131 e. The number of fused-ring (bicyclic) bond motifs is 1. The highest BCUT2D eigenvalue weighted by molar-refractivity contribution is 6.76. The average Bonchev–Trinajstić information content (AvgIpc) is 2.65. The number of aromatic nitrogens is 3. The molecule has 0 atom stereocenters. The standard InChI is InChI=1S/C12H18ClN3OSi/c1-18(2,3)5-4-17-9-16-8-15-10-6-12(13)14-7-11(10)16/h6-8H,4-5,9H2,1-3H3. The summed E-state index contributed by atoms with van der Waals surface area (Å²) < 4.78 is 7.64. The molecule has 0 unspecified atom stereocenters. The zero-order valence-electron chi connectivity index (χ0n) is 11.0. The van der Waals surface area contributed by atoms with Crippen LogP contribution in [-0.4, -0.2) is 29.2 Å². The van der Waals surface area contributed by atoms with Crippen molar-refractivity contribution < 1.29 is 4.74 Å². The van der Waals surface area contributed by atoms with Crippen LogP contribution in [-0.2, 0) is 11.5 Å². The molecule has 0 spiro atoms. The summed E-state index contributed by atoms with van der Waals surface area (Å²) in [6, 6.07) is 2.93. The van der Waals surface area contributed by atoms with E-state index in [0.717, 1.165) is 17.6 Å². The zero-order valence-corrected chi connectivity index (χ0v) is 12.7. The van der Waals surface area contributed by atoms with Gasteiger partial charge < -0.3 is 9.30 Å². The van der Waals surface area contributed by atoms with E-state index in [1.807, 2.05) is 4.57 Å². The highest BCUT2D eigenvalue weighted by atomic mass is 35.5. The molecule has 4 nitrogen and oxygen atoms in total. The molecule has 2 aromatic heterocycles. The second kappa shape index (κ2) is 5.38. The summed E-state index contributed by atoms with van der Waals surface area (Å²) >= 11 is 5.82. The van der Waals surface area contributed by atoms with Crippen molar-refractivity contribution in [3.8, 4) is 0 Å². The fraction of sp³-hybridized carbons (Fsp3) is 0.500. The van der Waals surface area contributed by atoms with Gasteiger partial charge in [-0.3, -0.25) is 0 Å². The number of ether oxygens (including phenoxy) is 1. The largest absolute Gasteiger partial charge is 0.361 e. The molecule has 0 radical (unpaired) electrons. The van der Waals surface area contributed by atoms with Crippen molar-refractivity contribution in [2.24, 2.45) is 0 Å². The molecular weight excluding hydrogens is 266 g/mol. The molecule has 0 fully saturated rings. The lowest BCUT2D eigenvalue weighted by Crippen LogP contribution is -2.21. The van der Waals surface area contributed by atoms with E-state index >= 15 is 0 Å². The minimum atomic E-state index is -1.02. The van der Waals surface area contributed by atoms with Crippen LogP contribution in [0.3, 0.4) is 0 Å². The Hall–Kier alpha value is -0.913. The smallest absolute Gasteiger partial charge is 0.131 e. The molecule has 0 saturated heterocycles. The van der Waals surface area contributed by atoms with Gasteiger partial charge in [-0.25, -0.2) is 9.97 Å². The van der Waals surface area contributed by atoms with Crippen molar-refractivity contribution in [3.05, 3.63) is 23.7 Å². The molecule has 2 aromatic rings. The predicted octanol–water partition coefficient (Wildman–Crippen LogP) is 3.40. The molecular formula is C12H18ClN3OSi. The number of hydrogen-bond donors (Lipinski definition) is 0. The van der Waals surface area contributed by atoms with Crippen LogP contribution in [0.15, 0.2) is 18.6 Å². The summed E-state index contributed by atoms with van der Waals surface area (Å²) in [6.45, 7) is 8.35. The summed E-state index contributed by atoms with van der Waals surface area (Å²) in [5, 5.41) is 0.465. The SMILES string of the molecule is C[Si](C)(C)CCOCn1cnc2cc(Cl)ncc21. The van der Waals surface area contributed by atoms with Crippen LogP contribution >= 0.6 is 11.6 Å². The zero-order chi connectivity index (χ0) is 13.2. The predicted molar refractivity (Wildman–Crippen MR) is 76.6 cm³/mol. The van der Waals surface area contributed by atoms with Crippen molar-refractivity contribution in [2.75, 3.05) is 6.61 Å². The van der Waals surface area contributed by atoms with Crippen molar-refractivity contribution in [1.29, 1.82) is 0 Å². The van der Waals surface area contributed by atoms with E-state index in [1.54, 1.807) is 18.6 Å².